The molecule has 0 saturated heterocycles. The van der Waals surface area contributed by atoms with Crippen molar-refractivity contribution in [3.05, 3.63) is 59.0 Å². The molecule has 0 saturated carbocycles. The van der Waals surface area contributed by atoms with E-state index in [1.165, 1.54) is 29.0 Å². The summed E-state index contributed by atoms with van der Waals surface area (Å²) in [4.78, 5) is 10.5. The van der Waals surface area contributed by atoms with Gasteiger partial charge in [0.05, 0.1) is 11.1 Å². The molecule has 6 nitrogen and oxygen atoms in total. The van der Waals surface area contributed by atoms with E-state index < -0.39 is 10.0 Å². The minimum Gasteiger partial charge on any atom is -0.438 e. The maximum absolute atomic E-state index is 12.6. The average molecular weight is 418 g/mol. The fraction of sp³-hybridized carbons (Fsp3) is 0.111. The molecule has 3 heterocycles. The zero-order valence-corrected chi connectivity index (χ0v) is 16.9. The summed E-state index contributed by atoms with van der Waals surface area (Å²) in [6.07, 6.45) is 1.48. The summed E-state index contributed by atoms with van der Waals surface area (Å²) in [7, 11) is -2.02. The quantitative estimate of drug-likeness (QED) is 0.471. The number of sulfonamides is 1. The highest BCUT2D eigenvalue weighted by molar-refractivity contribution is 7.94. The largest absolute Gasteiger partial charge is 0.438 e. The van der Waals surface area contributed by atoms with Crippen LogP contribution in [0.15, 0.2) is 58.4 Å². The Morgan fingerprint density at radius 1 is 1.11 bits per heavy atom. The summed E-state index contributed by atoms with van der Waals surface area (Å²) in [6, 6.07) is 12.2. The first-order valence-corrected chi connectivity index (χ1v) is 11.1. The zero-order chi connectivity index (χ0) is 19.0. The number of benzene rings is 1. The van der Waals surface area contributed by atoms with Crippen molar-refractivity contribution in [2.45, 2.75) is 11.1 Å². The van der Waals surface area contributed by atoms with Crippen molar-refractivity contribution in [1.82, 2.24) is 9.97 Å². The Balaban J connectivity index is 1.59. The molecule has 0 radical (unpaired) electrons. The van der Waals surface area contributed by atoms with Gasteiger partial charge in [-0.05, 0) is 48.7 Å². The number of nitrogens with zero attached hydrogens (tertiary/aromatic N) is 3. The molecular formula is C18H15N3O3S3. The Bertz CT molecular complexity index is 1180. The molecule has 4 aromatic rings. The molecule has 0 aliphatic rings. The molecule has 0 aliphatic heterocycles. The van der Waals surface area contributed by atoms with Crippen LogP contribution in [0, 0.1) is 6.92 Å². The lowest BCUT2D eigenvalue weighted by Gasteiger charge is -2.18. The van der Waals surface area contributed by atoms with Crippen LogP contribution in [0.3, 0.4) is 0 Å². The van der Waals surface area contributed by atoms with E-state index in [2.05, 4.69) is 9.97 Å². The van der Waals surface area contributed by atoms with Gasteiger partial charge in [-0.3, -0.25) is 4.31 Å². The van der Waals surface area contributed by atoms with Gasteiger partial charge in [0.2, 0.25) is 5.88 Å². The van der Waals surface area contributed by atoms with Crippen LogP contribution in [0.25, 0.3) is 10.2 Å². The third kappa shape index (κ3) is 3.41. The van der Waals surface area contributed by atoms with Crippen LogP contribution in [0.1, 0.15) is 4.88 Å². The van der Waals surface area contributed by atoms with Crippen molar-refractivity contribution < 1.29 is 13.2 Å². The van der Waals surface area contributed by atoms with Gasteiger partial charge in [-0.25, -0.2) is 18.4 Å². The number of hydrogen-bond acceptors (Lipinski definition) is 7. The minimum atomic E-state index is -3.55. The summed E-state index contributed by atoms with van der Waals surface area (Å²) in [5, 5.41) is 2.60. The SMILES string of the molecule is Cc1cc2c(Oc3ccc(N(C)S(=O)(=O)c4cccs4)cc3)ncnc2s1. The second kappa shape index (κ2) is 6.91. The number of ether oxygens (including phenoxy) is 1. The van der Waals surface area contributed by atoms with Crippen LogP contribution >= 0.6 is 22.7 Å². The summed E-state index contributed by atoms with van der Waals surface area (Å²) >= 11 is 2.77. The third-order valence-corrected chi connectivity index (χ3v) is 8.06. The number of hydrogen-bond donors (Lipinski definition) is 0. The fourth-order valence-corrected chi connectivity index (χ4v) is 5.75. The van der Waals surface area contributed by atoms with Crippen molar-refractivity contribution in [3.8, 4) is 11.6 Å². The molecule has 27 heavy (non-hydrogen) atoms. The van der Waals surface area contributed by atoms with Gasteiger partial charge in [0, 0.05) is 11.9 Å². The number of aromatic nitrogens is 2. The van der Waals surface area contributed by atoms with E-state index >= 15 is 0 Å². The molecule has 0 bridgehead atoms. The molecule has 9 heteroatoms. The average Bonchev–Trinajstić information content (AvgIpc) is 3.31. The normalized spacial score (nSPS) is 11.6. The number of anilines is 1. The minimum absolute atomic E-state index is 0.307. The van der Waals surface area contributed by atoms with E-state index in [9.17, 15) is 8.42 Å². The van der Waals surface area contributed by atoms with Crippen molar-refractivity contribution in [2.75, 3.05) is 11.4 Å². The van der Waals surface area contributed by atoms with Crippen LogP contribution in [0.4, 0.5) is 5.69 Å². The molecule has 3 aromatic heterocycles. The number of aryl methyl sites for hydroxylation is 1. The second-order valence-electron chi connectivity index (χ2n) is 5.76. The smallest absolute Gasteiger partial charge is 0.273 e. The Kier molecular flexibility index (Phi) is 4.58. The lowest BCUT2D eigenvalue weighted by atomic mass is 10.3. The highest BCUT2D eigenvalue weighted by atomic mass is 32.2. The topological polar surface area (TPSA) is 72.4 Å². The van der Waals surface area contributed by atoms with E-state index in [4.69, 9.17) is 4.74 Å². The number of fused-ring (bicyclic) bond motifs is 1. The van der Waals surface area contributed by atoms with E-state index in [0.717, 1.165) is 15.1 Å². The summed E-state index contributed by atoms with van der Waals surface area (Å²) in [6.45, 7) is 2.01. The highest BCUT2D eigenvalue weighted by Crippen LogP contribution is 2.33. The monoisotopic (exact) mass is 417 g/mol. The van der Waals surface area contributed by atoms with Gasteiger partial charge in [0.1, 0.15) is 21.1 Å². The fourth-order valence-electron chi connectivity index (χ4n) is 2.56. The Hall–Kier alpha value is -2.49. The molecule has 0 unspecified atom stereocenters. The van der Waals surface area contributed by atoms with Crippen LogP contribution in [0.5, 0.6) is 11.6 Å². The van der Waals surface area contributed by atoms with Gasteiger partial charge < -0.3 is 4.74 Å². The molecule has 0 aliphatic carbocycles. The van der Waals surface area contributed by atoms with Crippen molar-refractivity contribution in [2.24, 2.45) is 0 Å². The molecule has 4 rings (SSSR count). The lowest BCUT2D eigenvalue weighted by molar-refractivity contribution is 0.468. The molecule has 0 amide bonds. The molecule has 138 valence electrons. The van der Waals surface area contributed by atoms with Gasteiger partial charge in [-0.15, -0.1) is 22.7 Å². The second-order valence-corrected chi connectivity index (χ2v) is 10.1. The first kappa shape index (κ1) is 17.9. The van der Waals surface area contributed by atoms with Crippen LogP contribution in [-0.4, -0.2) is 25.4 Å². The number of rotatable bonds is 5. The van der Waals surface area contributed by atoms with Crippen molar-refractivity contribution >= 4 is 48.6 Å². The molecular weight excluding hydrogens is 402 g/mol. The van der Waals surface area contributed by atoms with E-state index in [1.54, 1.807) is 53.1 Å². The molecule has 0 atom stereocenters. The Labute approximate surface area is 164 Å². The highest BCUT2D eigenvalue weighted by Gasteiger charge is 2.22. The number of thiophene rings is 2. The van der Waals surface area contributed by atoms with E-state index in [0.29, 0.717) is 21.5 Å². The maximum atomic E-state index is 12.6. The predicted octanol–water partition coefficient (Wildman–Crippen LogP) is 4.68. The summed E-state index contributed by atoms with van der Waals surface area (Å²) in [5.74, 6) is 1.06. The standard InChI is InChI=1S/C18H15N3O3S3/c1-12-10-15-17(19-11-20-18(15)26-12)24-14-7-5-13(6-8-14)21(2)27(22,23)16-4-3-9-25-16/h3-11H,1-2H3. The third-order valence-electron chi connectivity index (χ3n) is 3.94. The lowest BCUT2D eigenvalue weighted by Crippen LogP contribution is -2.25. The van der Waals surface area contributed by atoms with E-state index in [-0.39, 0.29) is 0 Å². The first-order chi connectivity index (χ1) is 12.9. The van der Waals surface area contributed by atoms with Crippen molar-refractivity contribution in [1.29, 1.82) is 0 Å². The van der Waals surface area contributed by atoms with Crippen molar-refractivity contribution in [3.63, 3.8) is 0 Å². The predicted molar refractivity (Wildman–Crippen MR) is 109 cm³/mol. The maximum Gasteiger partial charge on any atom is 0.273 e. The summed E-state index contributed by atoms with van der Waals surface area (Å²) < 4.78 is 32.7. The molecule has 0 N–H and O–H groups in total. The van der Waals surface area contributed by atoms with Gasteiger partial charge in [-0.1, -0.05) is 6.07 Å². The Morgan fingerprint density at radius 3 is 2.59 bits per heavy atom. The first-order valence-electron chi connectivity index (χ1n) is 7.96. The van der Waals surface area contributed by atoms with Crippen LogP contribution in [-0.2, 0) is 10.0 Å². The zero-order valence-electron chi connectivity index (χ0n) is 14.5. The molecule has 0 fully saturated rings. The van der Waals surface area contributed by atoms with Gasteiger partial charge >= 0.3 is 0 Å². The van der Waals surface area contributed by atoms with Gasteiger partial charge in [0.15, 0.2) is 0 Å². The Morgan fingerprint density at radius 2 is 1.89 bits per heavy atom. The van der Waals surface area contributed by atoms with E-state index in [1.807, 2.05) is 13.0 Å². The van der Waals surface area contributed by atoms with Gasteiger partial charge in [0.25, 0.3) is 10.0 Å². The van der Waals surface area contributed by atoms with Crippen LogP contribution in [0.2, 0.25) is 0 Å². The molecule has 0 spiro atoms. The molecule has 1 aromatic carbocycles. The van der Waals surface area contributed by atoms with Crippen LogP contribution < -0.4 is 9.04 Å². The van der Waals surface area contributed by atoms with Gasteiger partial charge in [-0.2, -0.15) is 0 Å². The summed E-state index contributed by atoms with van der Waals surface area (Å²) in [5.41, 5.74) is 0.551.